The molecule has 0 fully saturated rings. The van der Waals surface area contributed by atoms with E-state index in [1.165, 1.54) is 6.92 Å². The first-order valence-electron chi connectivity index (χ1n) is 10.5. The second-order valence-corrected chi connectivity index (χ2v) is 7.43. The number of pyridine rings is 2. The number of fused-ring (bicyclic) bond motifs is 1. The molecule has 4 aromatic rings. The van der Waals surface area contributed by atoms with Gasteiger partial charge in [0, 0.05) is 22.7 Å². The van der Waals surface area contributed by atoms with Crippen molar-refractivity contribution in [3.63, 3.8) is 0 Å². The fourth-order valence-corrected chi connectivity index (χ4v) is 3.66. The number of aromatic nitrogens is 2. The lowest BCUT2D eigenvalue weighted by atomic mass is 9.98. The first-order chi connectivity index (χ1) is 16.0. The minimum absolute atomic E-state index is 0.282. The Bertz CT molecular complexity index is 1360. The summed E-state index contributed by atoms with van der Waals surface area (Å²) in [5.74, 6) is -0.216. The zero-order valence-electron chi connectivity index (χ0n) is 18.2. The van der Waals surface area contributed by atoms with Crippen LogP contribution in [-0.2, 0) is 4.79 Å². The van der Waals surface area contributed by atoms with E-state index in [-0.39, 0.29) is 5.56 Å². The summed E-state index contributed by atoms with van der Waals surface area (Å²) in [6.45, 7) is 4.04. The molecule has 2 heterocycles. The summed E-state index contributed by atoms with van der Waals surface area (Å²) in [4.78, 5) is 20.3. The molecule has 0 aliphatic heterocycles. The van der Waals surface area contributed by atoms with Crippen LogP contribution in [0, 0.1) is 11.3 Å². The first-order valence-corrected chi connectivity index (χ1v) is 10.5. The van der Waals surface area contributed by atoms with Gasteiger partial charge in [0.25, 0.3) is 0 Å². The van der Waals surface area contributed by atoms with E-state index in [0.717, 1.165) is 22.4 Å². The van der Waals surface area contributed by atoms with Gasteiger partial charge in [0.05, 0.1) is 29.7 Å². The Hall–Kier alpha value is -4.44. The molecule has 7 nitrogen and oxygen atoms in total. The number of nitrogens with one attached hydrogen (secondary N) is 1. The second-order valence-electron chi connectivity index (χ2n) is 7.43. The lowest BCUT2D eigenvalue weighted by Gasteiger charge is -2.17. The number of carboxylic acids is 1. The number of nitriles is 1. The lowest BCUT2D eigenvalue weighted by Crippen LogP contribution is -2.26. The Labute approximate surface area is 191 Å². The molecule has 0 amide bonds. The third kappa shape index (κ3) is 4.32. The molecular weight excluding hydrogens is 416 g/mol. The van der Waals surface area contributed by atoms with Gasteiger partial charge in [0.15, 0.2) is 0 Å². The molecule has 1 atom stereocenters. The summed E-state index contributed by atoms with van der Waals surface area (Å²) in [6.07, 6.45) is 3.19. The van der Waals surface area contributed by atoms with E-state index < -0.39 is 12.0 Å². The standard InChI is InChI=1S/C26H22N4O3/c1-3-33-23-7-5-4-6-19(23)17-8-10-18(11-9-17)24-21(14-27)25(29-16(2)26(31)32)20-12-13-28-15-22(20)30-24/h4-13,15-16H,3H2,1-2H3,(H,29,30)(H,31,32)/t16-/m1/s1. The Morgan fingerprint density at radius 3 is 2.58 bits per heavy atom. The van der Waals surface area contributed by atoms with Crippen LogP contribution in [-0.4, -0.2) is 33.7 Å². The van der Waals surface area contributed by atoms with E-state index in [4.69, 9.17) is 4.74 Å². The number of nitrogens with zero attached hydrogens (tertiary/aromatic N) is 3. The average Bonchev–Trinajstić information content (AvgIpc) is 2.84. The molecule has 7 heteroatoms. The largest absolute Gasteiger partial charge is 0.493 e. The number of aliphatic carboxylic acids is 1. The summed E-state index contributed by atoms with van der Waals surface area (Å²) in [5.41, 5.74) is 4.42. The molecule has 4 rings (SSSR count). The normalized spacial score (nSPS) is 11.5. The second kappa shape index (κ2) is 9.37. The van der Waals surface area contributed by atoms with Crippen molar-refractivity contribution in [1.82, 2.24) is 9.97 Å². The summed E-state index contributed by atoms with van der Waals surface area (Å²) in [5, 5.41) is 23.0. The number of anilines is 1. The molecule has 2 N–H and O–H groups in total. The monoisotopic (exact) mass is 438 g/mol. The van der Waals surface area contributed by atoms with Crippen molar-refractivity contribution in [3.8, 4) is 34.2 Å². The van der Waals surface area contributed by atoms with Gasteiger partial charge in [0.2, 0.25) is 0 Å². The molecule has 0 saturated carbocycles. The molecule has 0 radical (unpaired) electrons. The zero-order valence-corrected chi connectivity index (χ0v) is 18.2. The highest BCUT2D eigenvalue weighted by molar-refractivity contribution is 5.98. The van der Waals surface area contributed by atoms with Crippen molar-refractivity contribution in [2.45, 2.75) is 19.9 Å². The highest BCUT2D eigenvalue weighted by Crippen LogP contribution is 2.36. The number of hydrogen-bond acceptors (Lipinski definition) is 6. The Kier molecular flexibility index (Phi) is 6.18. The number of rotatable bonds is 7. The van der Waals surface area contributed by atoms with Gasteiger partial charge in [-0.25, -0.2) is 4.98 Å². The molecule has 0 unspecified atom stereocenters. The predicted molar refractivity (Wildman–Crippen MR) is 127 cm³/mol. The third-order valence-electron chi connectivity index (χ3n) is 5.29. The van der Waals surface area contributed by atoms with Crippen LogP contribution < -0.4 is 10.1 Å². The maximum Gasteiger partial charge on any atom is 0.325 e. The summed E-state index contributed by atoms with van der Waals surface area (Å²) in [7, 11) is 0. The SMILES string of the molecule is CCOc1ccccc1-c1ccc(-c2nc3cnccc3c(N[C@H](C)C(=O)O)c2C#N)cc1. The predicted octanol–water partition coefficient (Wildman–Crippen LogP) is 5.12. The van der Waals surface area contributed by atoms with Gasteiger partial charge in [-0.05, 0) is 31.5 Å². The molecule has 33 heavy (non-hydrogen) atoms. The molecule has 0 bridgehead atoms. The molecule has 0 aliphatic rings. The summed E-state index contributed by atoms with van der Waals surface area (Å²) >= 11 is 0. The molecule has 164 valence electrons. The van der Waals surface area contributed by atoms with Crippen LogP contribution >= 0.6 is 0 Å². The first kappa shape index (κ1) is 21.8. The number of carbonyl (C=O) groups is 1. The molecular formula is C26H22N4O3. The topological polar surface area (TPSA) is 108 Å². The Morgan fingerprint density at radius 2 is 1.88 bits per heavy atom. The maximum atomic E-state index is 11.5. The molecule has 0 saturated heterocycles. The summed E-state index contributed by atoms with van der Waals surface area (Å²) < 4.78 is 5.74. The minimum atomic E-state index is -1.02. The van der Waals surface area contributed by atoms with Gasteiger partial charge in [0.1, 0.15) is 23.4 Å². The van der Waals surface area contributed by atoms with Gasteiger partial charge < -0.3 is 15.2 Å². The van der Waals surface area contributed by atoms with Crippen molar-refractivity contribution in [1.29, 1.82) is 5.26 Å². The summed E-state index contributed by atoms with van der Waals surface area (Å²) in [6, 6.07) is 18.6. The van der Waals surface area contributed by atoms with Crippen LogP contribution in [0.4, 0.5) is 5.69 Å². The van der Waals surface area contributed by atoms with Crippen molar-refractivity contribution in [2.75, 3.05) is 11.9 Å². The van der Waals surface area contributed by atoms with Crippen LogP contribution in [0.25, 0.3) is 33.3 Å². The fourth-order valence-electron chi connectivity index (χ4n) is 3.66. The fraction of sp³-hybridized carbons (Fsp3) is 0.154. The highest BCUT2D eigenvalue weighted by atomic mass is 16.5. The van der Waals surface area contributed by atoms with Gasteiger partial charge in [-0.15, -0.1) is 0 Å². The van der Waals surface area contributed by atoms with E-state index in [2.05, 4.69) is 21.4 Å². The van der Waals surface area contributed by atoms with Crippen LogP contribution in [0.15, 0.2) is 67.0 Å². The minimum Gasteiger partial charge on any atom is -0.493 e. The Morgan fingerprint density at radius 1 is 1.15 bits per heavy atom. The van der Waals surface area contributed by atoms with E-state index in [0.29, 0.717) is 28.9 Å². The van der Waals surface area contributed by atoms with Crippen LogP contribution in [0.1, 0.15) is 19.4 Å². The molecule has 0 aliphatic carbocycles. The van der Waals surface area contributed by atoms with E-state index in [1.807, 2.05) is 55.5 Å². The van der Waals surface area contributed by atoms with Crippen LogP contribution in [0.3, 0.4) is 0 Å². The molecule has 0 spiro atoms. The number of hydrogen-bond donors (Lipinski definition) is 2. The van der Waals surface area contributed by atoms with Gasteiger partial charge >= 0.3 is 5.97 Å². The van der Waals surface area contributed by atoms with E-state index >= 15 is 0 Å². The Balaban J connectivity index is 1.83. The van der Waals surface area contributed by atoms with E-state index in [9.17, 15) is 15.2 Å². The number of carboxylic acid groups (broad SMARTS) is 1. The quantitative estimate of drug-likeness (QED) is 0.412. The number of para-hydroxylation sites is 1. The van der Waals surface area contributed by atoms with E-state index in [1.54, 1.807) is 18.5 Å². The van der Waals surface area contributed by atoms with Gasteiger partial charge in [-0.2, -0.15) is 5.26 Å². The van der Waals surface area contributed by atoms with Gasteiger partial charge in [-0.3, -0.25) is 9.78 Å². The van der Waals surface area contributed by atoms with Crippen LogP contribution in [0.2, 0.25) is 0 Å². The molecule has 2 aromatic heterocycles. The van der Waals surface area contributed by atoms with Crippen molar-refractivity contribution in [2.24, 2.45) is 0 Å². The van der Waals surface area contributed by atoms with Crippen LogP contribution in [0.5, 0.6) is 5.75 Å². The van der Waals surface area contributed by atoms with Gasteiger partial charge in [-0.1, -0.05) is 42.5 Å². The smallest absolute Gasteiger partial charge is 0.325 e. The maximum absolute atomic E-state index is 11.5. The lowest BCUT2D eigenvalue weighted by molar-refractivity contribution is -0.137. The zero-order chi connectivity index (χ0) is 23.4. The van der Waals surface area contributed by atoms with Crippen molar-refractivity contribution in [3.05, 3.63) is 72.6 Å². The number of benzene rings is 2. The van der Waals surface area contributed by atoms with Crippen molar-refractivity contribution < 1.29 is 14.6 Å². The third-order valence-corrected chi connectivity index (χ3v) is 5.29. The average molecular weight is 438 g/mol. The van der Waals surface area contributed by atoms with Crippen molar-refractivity contribution >= 4 is 22.6 Å². The highest BCUT2D eigenvalue weighted by Gasteiger charge is 2.20. The number of ether oxygens (including phenoxy) is 1. The molecule has 2 aromatic carbocycles.